The van der Waals surface area contributed by atoms with Gasteiger partial charge in [-0.15, -0.1) is 0 Å². The van der Waals surface area contributed by atoms with Crippen molar-refractivity contribution in [1.29, 1.82) is 0 Å². The Hall–Kier alpha value is -1.91. The van der Waals surface area contributed by atoms with Crippen LogP contribution in [0.5, 0.6) is 0 Å². The number of nitrogens with zero attached hydrogens (tertiary/aromatic N) is 2. The molecule has 1 aromatic rings. The van der Waals surface area contributed by atoms with Gasteiger partial charge in [0.2, 0.25) is 0 Å². The summed E-state index contributed by atoms with van der Waals surface area (Å²) in [5.41, 5.74) is 6.21. The molecule has 0 aliphatic rings. The lowest BCUT2D eigenvalue weighted by Crippen LogP contribution is -2.13. The first kappa shape index (κ1) is 10.2. The third-order valence-electron chi connectivity index (χ3n) is 1.68. The second-order valence-corrected chi connectivity index (χ2v) is 2.67. The van der Waals surface area contributed by atoms with Gasteiger partial charge in [0.1, 0.15) is 5.84 Å². The number of aliphatic imine (C=N–C) groups is 1. The fraction of sp³-hybridized carbons (Fsp3) is 0.222. The number of nitro benzene ring substituents is 1. The molecule has 74 valence electrons. The van der Waals surface area contributed by atoms with Crippen LogP contribution in [0.2, 0.25) is 0 Å². The van der Waals surface area contributed by atoms with Gasteiger partial charge in [0.25, 0.3) is 5.69 Å². The van der Waals surface area contributed by atoms with Crippen molar-refractivity contribution in [1.82, 2.24) is 0 Å². The van der Waals surface area contributed by atoms with E-state index in [4.69, 9.17) is 5.73 Å². The van der Waals surface area contributed by atoms with Crippen molar-refractivity contribution in [3.05, 3.63) is 39.9 Å². The Morgan fingerprint density at radius 1 is 1.64 bits per heavy atom. The van der Waals surface area contributed by atoms with Crippen LogP contribution in [0, 0.1) is 10.1 Å². The third-order valence-corrected chi connectivity index (χ3v) is 1.68. The van der Waals surface area contributed by atoms with Gasteiger partial charge >= 0.3 is 0 Å². The summed E-state index contributed by atoms with van der Waals surface area (Å²) >= 11 is 0. The van der Waals surface area contributed by atoms with Gasteiger partial charge in [0.05, 0.1) is 4.92 Å². The molecule has 0 atom stereocenters. The van der Waals surface area contributed by atoms with Crippen molar-refractivity contribution in [3.8, 4) is 0 Å². The Morgan fingerprint density at radius 3 is 2.93 bits per heavy atom. The van der Waals surface area contributed by atoms with Gasteiger partial charge in [-0.2, -0.15) is 0 Å². The van der Waals surface area contributed by atoms with Crippen LogP contribution in [0.15, 0.2) is 29.3 Å². The molecule has 5 heteroatoms. The van der Waals surface area contributed by atoms with Crippen molar-refractivity contribution in [3.63, 3.8) is 0 Å². The van der Waals surface area contributed by atoms with Crippen LogP contribution < -0.4 is 5.73 Å². The van der Waals surface area contributed by atoms with E-state index in [9.17, 15) is 10.1 Å². The van der Waals surface area contributed by atoms with Gasteiger partial charge in [-0.3, -0.25) is 15.1 Å². The zero-order valence-electron chi connectivity index (χ0n) is 7.80. The van der Waals surface area contributed by atoms with Gasteiger partial charge < -0.3 is 5.73 Å². The predicted octanol–water partition coefficient (Wildman–Crippen LogP) is 1.32. The van der Waals surface area contributed by atoms with E-state index in [1.165, 1.54) is 12.1 Å². The lowest BCUT2D eigenvalue weighted by Gasteiger charge is -1.99. The first-order chi connectivity index (χ1) is 6.65. The van der Waals surface area contributed by atoms with Gasteiger partial charge in [-0.25, -0.2) is 0 Å². The van der Waals surface area contributed by atoms with E-state index < -0.39 is 4.92 Å². The normalized spacial score (nSPS) is 11.4. The summed E-state index contributed by atoms with van der Waals surface area (Å²) < 4.78 is 0. The summed E-state index contributed by atoms with van der Waals surface area (Å²) in [6.07, 6.45) is 0. The first-order valence-electron chi connectivity index (χ1n) is 4.20. The van der Waals surface area contributed by atoms with E-state index in [1.807, 2.05) is 6.92 Å². The highest BCUT2D eigenvalue weighted by Gasteiger charge is 2.06. The Morgan fingerprint density at radius 2 is 2.36 bits per heavy atom. The maximum absolute atomic E-state index is 10.5. The van der Waals surface area contributed by atoms with E-state index in [2.05, 4.69) is 4.99 Å². The molecule has 0 unspecified atom stereocenters. The Kier molecular flexibility index (Phi) is 3.17. The molecule has 0 amide bonds. The minimum absolute atomic E-state index is 0.0248. The number of hydrogen-bond donors (Lipinski definition) is 1. The molecule has 0 saturated carbocycles. The molecule has 2 N–H and O–H groups in total. The minimum atomic E-state index is -0.456. The van der Waals surface area contributed by atoms with E-state index in [1.54, 1.807) is 12.1 Å². The number of benzene rings is 1. The maximum atomic E-state index is 10.5. The molecule has 1 rings (SSSR count). The van der Waals surface area contributed by atoms with Gasteiger partial charge in [-0.1, -0.05) is 12.1 Å². The molecule has 1 aromatic carbocycles. The van der Waals surface area contributed by atoms with Crippen molar-refractivity contribution in [2.75, 3.05) is 6.54 Å². The Bertz CT molecular complexity index is 374. The van der Waals surface area contributed by atoms with Crippen LogP contribution in [0.25, 0.3) is 0 Å². The highest BCUT2D eigenvalue weighted by atomic mass is 16.6. The summed E-state index contributed by atoms with van der Waals surface area (Å²) in [4.78, 5) is 14.0. The number of hydrogen-bond acceptors (Lipinski definition) is 3. The Labute approximate surface area is 81.4 Å². The summed E-state index contributed by atoms with van der Waals surface area (Å²) in [5, 5.41) is 10.5. The average molecular weight is 193 g/mol. The molecule has 0 saturated heterocycles. The number of nitrogens with two attached hydrogens (primary N) is 1. The van der Waals surface area contributed by atoms with Crippen LogP contribution in [0.3, 0.4) is 0 Å². The Balaban J connectivity index is 3.05. The smallest absolute Gasteiger partial charge is 0.270 e. The summed E-state index contributed by atoms with van der Waals surface area (Å²) in [5.74, 6) is 0.330. The molecular weight excluding hydrogens is 182 g/mol. The standard InChI is InChI=1S/C9H11N3O2/c1-2-11-9(10)7-4-3-5-8(6-7)12(13)14/h3-6H,2H2,1H3,(H2,10,11). The van der Waals surface area contributed by atoms with Crippen molar-refractivity contribution in [2.45, 2.75) is 6.92 Å². The molecule has 0 radical (unpaired) electrons. The molecule has 0 fully saturated rings. The number of amidine groups is 1. The zero-order chi connectivity index (χ0) is 10.6. The van der Waals surface area contributed by atoms with E-state index in [0.29, 0.717) is 17.9 Å². The quantitative estimate of drug-likeness (QED) is 0.340. The molecule has 0 aromatic heterocycles. The summed E-state index contributed by atoms with van der Waals surface area (Å²) in [6.45, 7) is 2.42. The monoisotopic (exact) mass is 193 g/mol. The highest BCUT2D eigenvalue weighted by molar-refractivity contribution is 5.97. The van der Waals surface area contributed by atoms with E-state index >= 15 is 0 Å². The van der Waals surface area contributed by atoms with E-state index in [0.717, 1.165) is 0 Å². The average Bonchev–Trinajstić information content (AvgIpc) is 2.18. The van der Waals surface area contributed by atoms with Gasteiger partial charge in [0, 0.05) is 24.2 Å². The fourth-order valence-electron chi connectivity index (χ4n) is 1.04. The molecule has 0 aliphatic carbocycles. The largest absolute Gasteiger partial charge is 0.384 e. The van der Waals surface area contributed by atoms with Crippen LogP contribution >= 0.6 is 0 Å². The van der Waals surface area contributed by atoms with Crippen molar-refractivity contribution < 1.29 is 4.92 Å². The van der Waals surface area contributed by atoms with Crippen LogP contribution in [-0.4, -0.2) is 17.3 Å². The molecule has 0 aliphatic heterocycles. The van der Waals surface area contributed by atoms with Crippen molar-refractivity contribution >= 4 is 11.5 Å². The summed E-state index contributed by atoms with van der Waals surface area (Å²) in [7, 11) is 0. The zero-order valence-corrected chi connectivity index (χ0v) is 7.80. The summed E-state index contributed by atoms with van der Waals surface area (Å²) in [6, 6.07) is 6.12. The second-order valence-electron chi connectivity index (χ2n) is 2.67. The number of nitro groups is 1. The number of non-ortho nitro benzene ring substituents is 1. The first-order valence-corrected chi connectivity index (χ1v) is 4.20. The van der Waals surface area contributed by atoms with E-state index in [-0.39, 0.29) is 5.69 Å². The van der Waals surface area contributed by atoms with Crippen molar-refractivity contribution in [2.24, 2.45) is 10.7 Å². The van der Waals surface area contributed by atoms with Crippen LogP contribution in [0.1, 0.15) is 12.5 Å². The minimum Gasteiger partial charge on any atom is -0.384 e. The predicted molar refractivity (Wildman–Crippen MR) is 54.4 cm³/mol. The van der Waals surface area contributed by atoms with Gasteiger partial charge in [0.15, 0.2) is 0 Å². The lowest BCUT2D eigenvalue weighted by atomic mass is 10.2. The molecule has 14 heavy (non-hydrogen) atoms. The SMILES string of the molecule is CCN=C(N)c1cccc([N+](=O)[O-])c1. The molecule has 5 nitrogen and oxygen atoms in total. The van der Waals surface area contributed by atoms with Gasteiger partial charge in [-0.05, 0) is 6.92 Å². The maximum Gasteiger partial charge on any atom is 0.270 e. The highest BCUT2D eigenvalue weighted by Crippen LogP contribution is 2.12. The van der Waals surface area contributed by atoms with Crippen LogP contribution in [0.4, 0.5) is 5.69 Å². The second kappa shape index (κ2) is 4.36. The number of rotatable bonds is 3. The molecule has 0 heterocycles. The molecule has 0 bridgehead atoms. The lowest BCUT2D eigenvalue weighted by molar-refractivity contribution is -0.384. The molecule has 0 spiro atoms. The fourth-order valence-corrected chi connectivity index (χ4v) is 1.04. The third kappa shape index (κ3) is 2.29. The van der Waals surface area contributed by atoms with Crippen LogP contribution in [-0.2, 0) is 0 Å². The molecular formula is C9H11N3O2. The topological polar surface area (TPSA) is 81.5 Å².